The largest absolute Gasteiger partial charge is 0.495 e. The number of methoxy groups -OCH3 is 1. The van der Waals surface area contributed by atoms with Gasteiger partial charge in [0.15, 0.2) is 0 Å². The van der Waals surface area contributed by atoms with Crippen molar-refractivity contribution in [2.45, 2.75) is 6.42 Å². The van der Waals surface area contributed by atoms with E-state index in [1.54, 1.807) is 17.0 Å². The lowest BCUT2D eigenvalue weighted by Gasteiger charge is -2.35. The van der Waals surface area contributed by atoms with Crippen molar-refractivity contribution in [2.24, 2.45) is 0 Å². The van der Waals surface area contributed by atoms with Crippen LogP contribution in [-0.2, 0) is 14.3 Å². The summed E-state index contributed by atoms with van der Waals surface area (Å²) in [7, 11) is 1.43. The molecule has 1 aliphatic heterocycles. The number of aromatic amines is 1. The van der Waals surface area contributed by atoms with E-state index < -0.39 is 17.5 Å². The van der Waals surface area contributed by atoms with Crippen LogP contribution in [0.15, 0.2) is 46.8 Å². The van der Waals surface area contributed by atoms with Gasteiger partial charge in [-0.3, -0.25) is 14.4 Å². The van der Waals surface area contributed by atoms with Crippen LogP contribution in [0.2, 0.25) is 0 Å². The molecule has 1 N–H and O–H groups in total. The topological polar surface area (TPSA) is 82.7 Å². The quantitative estimate of drug-likeness (QED) is 0.417. The first-order valence-electron chi connectivity index (χ1n) is 9.87. The summed E-state index contributed by atoms with van der Waals surface area (Å²) in [6.07, 6.45) is 3.18. The molecule has 4 rings (SSSR count). The number of nitrogens with zero attached hydrogens (tertiary/aromatic N) is 2. The van der Waals surface area contributed by atoms with Crippen LogP contribution in [0.4, 0.5) is 4.39 Å². The smallest absolute Gasteiger partial charge is 0.295 e. The van der Waals surface area contributed by atoms with Crippen LogP contribution in [0.25, 0.3) is 10.9 Å². The molecule has 1 saturated heterocycles. The third-order valence-electron chi connectivity index (χ3n) is 5.54. The zero-order valence-electron chi connectivity index (χ0n) is 17.1. The summed E-state index contributed by atoms with van der Waals surface area (Å²) in [6, 6.07) is 4.39. The molecule has 1 aliphatic carbocycles. The van der Waals surface area contributed by atoms with Gasteiger partial charge in [0.2, 0.25) is 0 Å². The van der Waals surface area contributed by atoms with Crippen LogP contribution in [0.5, 0.6) is 0 Å². The molecule has 2 aliphatic rings. The highest BCUT2D eigenvalue weighted by atomic mass is 35.5. The van der Waals surface area contributed by atoms with Crippen LogP contribution in [-0.4, -0.2) is 70.5 Å². The van der Waals surface area contributed by atoms with Gasteiger partial charge in [-0.1, -0.05) is 29.9 Å². The fraction of sp³-hybridized carbons (Fsp3) is 0.273. The number of aromatic nitrogens is 1. The Kier molecular flexibility index (Phi) is 6.12. The lowest BCUT2D eigenvalue weighted by atomic mass is 10.0. The minimum absolute atomic E-state index is 0.00588. The molecule has 1 aromatic carbocycles. The highest BCUT2D eigenvalue weighted by Crippen LogP contribution is 2.29. The number of Topliss-reactive ketones (excluding diaryl/α,β-unsaturated/α-hetero) is 1. The summed E-state index contributed by atoms with van der Waals surface area (Å²) in [5, 5.41) is 0.370. The minimum Gasteiger partial charge on any atom is -0.495 e. The molecule has 0 saturated carbocycles. The number of allylic oxidation sites excluding steroid dienone is 2. The Balaban J connectivity index is 1.46. The van der Waals surface area contributed by atoms with Crippen LogP contribution in [0, 0.1) is 5.82 Å². The number of fused-ring (bicyclic) bond motifs is 1. The minimum atomic E-state index is -0.792. The maximum Gasteiger partial charge on any atom is 0.295 e. The molecule has 2 amide bonds. The van der Waals surface area contributed by atoms with E-state index >= 15 is 0 Å². The van der Waals surface area contributed by atoms with E-state index in [9.17, 15) is 18.8 Å². The normalized spacial score (nSPS) is 17.0. The van der Waals surface area contributed by atoms with Crippen molar-refractivity contribution in [1.82, 2.24) is 14.8 Å². The van der Waals surface area contributed by atoms with Gasteiger partial charge in [-0.2, -0.15) is 0 Å². The molecule has 0 unspecified atom stereocenters. The number of halogens is 2. The van der Waals surface area contributed by atoms with Crippen LogP contribution in [0.3, 0.4) is 0 Å². The maximum atomic E-state index is 14.2. The third-order valence-corrected chi connectivity index (χ3v) is 6.08. The molecule has 166 valence electrons. The van der Waals surface area contributed by atoms with Crippen molar-refractivity contribution in [1.29, 1.82) is 0 Å². The summed E-state index contributed by atoms with van der Waals surface area (Å²) in [5.41, 5.74) is 0.806. The lowest BCUT2D eigenvalue weighted by Crippen LogP contribution is -2.52. The van der Waals surface area contributed by atoms with Crippen molar-refractivity contribution >= 4 is 57.2 Å². The number of ether oxygens (including phenoxy) is 1. The molecule has 2 aromatic rings. The van der Waals surface area contributed by atoms with Gasteiger partial charge in [-0.15, -0.1) is 0 Å². The first-order valence-corrected chi connectivity index (χ1v) is 10.7. The van der Waals surface area contributed by atoms with Crippen LogP contribution in [0.1, 0.15) is 16.8 Å². The van der Waals surface area contributed by atoms with Crippen LogP contribution < -0.4 is 0 Å². The number of H-pyrrole nitrogens is 1. The molecular weight excluding hydrogens is 457 g/mol. The van der Waals surface area contributed by atoms with E-state index in [1.807, 2.05) is 0 Å². The van der Waals surface area contributed by atoms with E-state index in [1.165, 1.54) is 30.3 Å². The number of ketones is 1. The summed E-state index contributed by atoms with van der Waals surface area (Å²) >= 11 is 11.4. The van der Waals surface area contributed by atoms with Gasteiger partial charge in [0, 0.05) is 54.6 Å². The SMILES string of the molecule is COC1=C(C(=O)N2CCN(C(=O)C(=O)c3c[nH]c4cccc(F)c34)CC2)CC(=S)C=C1Cl. The Morgan fingerprint density at radius 3 is 2.53 bits per heavy atom. The highest BCUT2D eigenvalue weighted by Gasteiger charge is 2.33. The second kappa shape index (κ2) is 8.84. The fourth-order valence-corrected chi connectivity index (χ4v) is 4.58. The van der Waals surface area contributed by atoms with Gasteiger partial charge in [-0.05, 0) is 18.2 Å². The van der Waals surface area contributed by atoms with Gasteiger partial charge in [-0.25, -0.2) is 4.39 Å². The molecule has 7 nitrogen and oxygen atoms in total. The third kappa shape index (κ3) is 3.93. The maximum absolute atomic E-state index is 14.2. The zero-order chi connectivity index (χ0) is 23.0. The zero-order valence-corrected chi connectivity index (χ0v) is 18.7. The van der Waals surface area contributed by atoms with E-state index in [2.05, 4.69) is 4.98 Å². The molecule has 0 bridgehead atoms. The Hall–Kier alpha value is -3.04. The number of carbonyl (C=O) groups excluding carboxylic acids is 3. The van der Waals surface area contributed by atoms with Crippen molar-refractivity contribution < 1.29 is 23.5 Å². The van der Waals surface area contributed by atoms with Gasteiger partial charge < -0.3 is 19.5 Å². The van der Waals surface area contributed by atoms with Gasteiger partial charge in [0.25, 0.3) is 17.6 Å². The second-order valence-electron chi connectivity index (χ2n) is 7.43. The number of nitrogens with one attached hydrogen (secondary N) is 1. The van der Waals surface area contributed by atoms with E-state index in [-0.39, 0.29) is 54.5 Å². The van der Waals surface area contributed by atoms with Gasteiger partial charge in [0.1, 0.15) is 11.6 Å². The number of carbonyl (C=O) groups is 3. The highest BCUT2D eigenvalue weighted by molar-refractivity contribution is 7.80. The second-order valence-corrected chi connectivity index (χ2v) is 8.36. The molecule has 2 heterocycles. The van der Waals surface area contributed by atoms with Crippen molar-refractivity contribution in [2.75, 3.05) is 33.3 Å². The molecule has 1 fully saturated rings. The number of piperazine rings is 1. The Morgan fingerprint density at radius 1 is 1.16 bits per heavy atom. The van der Waals surface area contributed by atoms with Crippen molar-refractivity contribution in [3.05, 3.63) is 58.2 Å². The number of thiocarbonyl (C=S) groups is 1. The predicted molar refractivity (Wildman–Crippen MR) is 121 cm³/mol. The molecular formula is C22H19ClFN3O4S. The average Bonchev–Trinajstić information content (AvgIpc) is 3.23. The average molecular weight is 476 g/mol. The summed E-state index contributed by atoms with van der Waals surface area (Å²) in [5.74, 6) is -2.08. The lowest BCUT2D eigenvalue weighted by molar-refractivity contribution is -0.134. The Morgan fingerprint density at radius 2 is 1.84 bits per heavy atom. The summed E-state index contributed by atoms with van der Waals surface area (Å²) in [6.45, 7) is 0.804. The van der Waals surface area contributed by atoms with Crippen molar-refractivity contribution in [3.63, 3.8) is 0 Å². The molecule has 0 radical (unpaired) electrons. The monoisotopic (exact) mass is 475 g/mol. The van der Waals surface area contributed by atoms with E-state index in [4.69, 9.17) is 28.6 Å². The summed E-state index contributed by atoms with van der Waals surface area (Å²) < 4.78 is 19.5. The number of benzene rings is 1. The number of hydrogen-bond donors (Lipinski definition) is 1. The molecule has 1 aromatic heterocycles. The van der Waals surface area contributed by atoms with Crippen molar-refractivity contribution in [3.8, 4) is 0 Å². The standard InChI is InChI=1S/C22H19ClFN3O4S/c1-31-20-13(9-12(32)10-15(20)23)21(29)26-5-7-27(8-6-26)22(30)19(28)14-11-25-17-4-2-3-16(24)18(14)17/h2-4,10-11,25H,5-9H2,1H3. The fourth-order valence-electron chi connectivity index (χ4n) is 3.93. The van der Waals surface area contributed by atoms with Crippen LogP contribution >= 0.6 is 23.8 Å². The predicted octanol–water partition coefficient (Wildman–Crippen LogP) is 2.96. The first kappa shape index (κ1) is 22.2. The number of hydrogen-bond acceptors (Lipinski definition) is 5. The van der Waals surface area contributed by atoms with Gasteiger partial charge >= 0.3 is 0 Å². The number of rotatable bonds is 4. The molecule has 32 heavy (non-hydrogen) atoms. The number of amides is 2. The first-order chi connectivity index (χ1) is 15.3. The van der Waals surface area contributed by atoms with Gasteiger partial charge in [0.05, 0.1) is 23.3 Å². The Labute approximate surface area is 193 Å². The summed E-state index contributed by atoms with van der Waals surface area (Å²) in [4.78, 5) is 44.9. The van der Waals surface area contributed by atoms with E-state index in [0.717, 1.165) is 0 Å². The van der Waals surface area contributed by atoms with E-state index in [0.29, 0.717) is 21.7 Å². The molecule has 0 spiro atoms. The molecule has 0 atom stereocenters. The molecule has 10 heteroatoms. The Bertz CT molecular complexity index is 1210.